The Hall–Kier alpha value is -2.10. The molecule has 4 nitrogen and oxygen atoms in total. The molecule has 0 saturated carbocycles. The third-order valence-electron chi connectivity index (χ3n) is 2.60. The van der Waals surface area contributed by atoms with Crippen molar-refractivity contribution in [2.75, 3.05) is 19.0 Å². The largest absolute Gasteiger partial charge is 0.491 e. The number of nitrogens with zero attached hydrogens (tertiary/aromatic N) is 3. The van der Waals surface area contributed by atoms with Crippen LogP contribution < -0.4 is 9.64 Å². The molecule has 2 aromatic rings. The van der Waals surface area contributed by atoms with Crippen molar-refractivity contribution in [3.63, 3.8) is 0 Å². The first kappa shape index (κ1) is 13.3. The highest BCUT2D eigenvalue weighted by Gasteiger charge is 2.04. The molecule has 0 amide bonds. The lowest BCUT2D eigenvalue weighted by molar-refractivity contribution is 0.242. The lowest BCUT2D eigenvalue weighted by Gasteiger charge is -2.12. The molecule has 0 spiro atoms. The molecule has 100 valence electrons. The minimum absolute atomic E-state index is 0.183. The van der Waals surface area contributed by atoms with E-state index < -0.39 is 0 Å². The summed E-state index contributed by atoms with van der Waals surface area (Å²) in [7, 11) is 3.90. The fourth-order valence-electron chi connectivity index (χ4n) is 1.69. The smallest absolute Gasteiger partial charge is 0.147 e. The number of aromatic nitrogens is 2. The van der Waals surface area contributed by atoms with Crippen molar-refractivity contribution in [1.82, 2.24) is 9.97 Å². The Morgan fingerprint density at radius 1 is 1.05 bits per heavy atom. The summed E-state index contributed by atoms with van der Waals surface area (Å²) >= 11 is 0. The molecule has 0 radical (unpaired) electrons. The minimum Gasteiger partial charge on any atom is -0.491 e. The van der Waals surface area contributed by atoms with Gasteiger partial charge < -0.3 is 9.64 Å². The maximum Gasteiger partial charge on any atom is 0.147 e. The van der Waals surface area contributed by atoms with Crippen LogP contribution in [0.5, 0.6) is 5.75 Å². The zero-order valence-corrected chi connectivity index (χ0v) is 11.8. The first-order chi connectivity index (χ1) is 9.06. The number of hydrogen-bond acceptors (Lipinski definition) is 4. The zero-order chi connectivity index (χ0) is 13.8. The van der Waals surface area contributed by atoms with E-state index >= 15 is 0 Å². The van der Waals surface area contributed by atoms with Gasteiger partial charge in [-0.3, -0.25) is 4.98 Å². The molecule has 1 heterocycles. The SMILES string of the molecule is CC(C)Oc1ccc(-c2cncc(N(C)C)n2)cc1. The van der Waals surface area contributed by atoms with E-state index in [-0.39, 0.29) is 6.10 Å². The monoisotopic (exact) mass is 257 g/mol. The van der Waals surface area contributed by atoms with E-state index in [9.17, 15) is 0 Å². The zero-order valence-electron chi connectivity index (χ0n) is 11.8. The highest BCUT2D eigenvalue weighted by molar-refractivity contribution is 5.60. The Kier molecular flexibility index (Phi) is 4.00. The van der Waals surface area contributed by atoms with E-state index in [1.807, 2.05) is 57.1 Å². The molecule has 0 unspecified atom stereocenters. The molecule has 1 aromatic carbocycles. The van der Waals surface area contributed by atoms with Crippen molar-refractivity contribution in [3.8, 4) is 17.0 Å². The van der Waals surface area contributed by atoms with Crippen molar-refractivity contribution >= 4 is 5.82 Å². The summed E-state index contributed by atoms with van der Waals surface area (Å²) in [6.07, 6.45) is 3.70. The van der Waals surface area contributed by atoms with Crippen LogP contribution in [0.4, 0.5) is 5.82 Å². The third-order valence-corrected chi connectivity index (χ3v) is 2.60. The van der Waals surface area contributed by atoms with Crippen molar-refractivity contribution in [3.05, 3.63) is 36.7 Å². The summed E-state index contributed by atoms with van der Waals surface area (Å²) < 4.78 is 5.62. The van der Waals surface area contributed by atoms with Gasteiger partial charge in [-0.2, -0.15) is 0 Å². The van der Waals surface area contributed by atoms with E-state index in [1.54, 1.807) is 12.4 Å². The summed E-state index contributed by atoms with van der Waals surface area (Å²) in [5.74, 6) is 1.72. The molecule has 4 heteroatoms. The Morgan fingerprint density at radius 2 is 1.74 bits per heavy atom. The molecule has 1 aromatic heterocycles. The van der Waals surface area contributed by atoms with Crippen LogP contribution in [0.15, 0.2) is 36.7 Å². The highest BCUT2D eigenvalue weighted by Crippen LogP contribution is 2.22. The van der Waals surface area contributed by atoms with Gasteiger partial charge in [-0.1, -0.05) is 0 Å². The van der Waals surface area contributed by atoms with Gasteiger partial charge >= 0.3 is 0 Å². The molecular formula is C15H19N3O. The van der Waals surface area contributed by atoms with Gasteiger partial charge in [0.2, 0.25) is 0 Å². The summed E-state index contributed by atoms with van der Waals surface area (Å²) in [4.78, 5) is 10.7. The fraction of sp³-hybridized carbons (Fsp3) is 0.333. The lowest BCUT2D eigenvalue weighted by atomic mass is 10.1. The fourth-order valence-corrected chi connectivity index (χ4v) is 1.69. The van der Waals surface area contributed by atoms with Crippen molar-refractivity contribution in [2.24, 2.45) is 0 Å². The van der Waals surface area contributed by atoms with E-state index in [2.05, 4.69) is 9.97 Å². The van der Waals surface area contributed by atoms with E-state index in [4.69, 9.17) is 4.74 Å². The lowest BCUT2D eigenvalue weighted by Crippen LogP contribution is -2.11. The third kappa shape index (κ3) is 3.44. The molecule has 0 aliphatic heterocycles. The van der Waals surface area contributed by atoms with Crippen LogP contribution in [0.25, 0.3) is 11.3 Å². The predicted molar refractivity (Wildman–Crippen MR) is 77.6 cm³/mol. The number of hydrogen-bond donors (Lipinski definition) is 0. The van der Waals surface area contributed by atoms with Crippen LogP contribution in [0.2, 0.25) is 0 Å². The van der Waals surface area contributed by atoms with Gasteiger partial charge in [-0.25, -0.2) is 4.98 Å². The molecular weight excluding hydrogens is 238 g/mol. The molecule has 0 aliphatic rings. The maximum atomic E-state index is 5.62. The van der Waals surface area contributed by atoms with Crippen molar-refractivity contribution in [2.45, 2.75) is 20.0 Å². The Balaban J connectivity index is 2.24. The first-order valence-corrected chi connectivity index (χ1v) is 6.32. The number of ether oxygens (including phenoxy) is 1. The van der Waals surface area contributed by atoms with Crippen LogP contribution in [-0.4, -0.2) is 30.2 Å². The van der Waals surface area contributed by atoms with Gasteiger partial charge in [0.25, 0.3) is 0 Å². The molecule has 0 fully saturated rings. The second-order valence-corrected chi connectivity index (χ2v) is 4.85. The minimum atomic E-state index is 0.183. The summed E-state index contributed by atoms with van der Waals surface area (Å²) in [6.45, 7) is 4.03. The number of anilines is 1. The van der Waals surface area contributed by atoms with E-state index in [1.165, 1.54) is 0 Å². The molecule has 0 bridgehead atoms. The maximum absolute atomic E-state index is 5.62. The Morgan fingerprint density at radius 3 is 2.32 bits per heavy atom. The van der Waals surface area contributed by atoms with Crippen LogP contribution >= 0.6 is 0 Å². The van der Waals surface area contributed by atoms with Gasteiger partial charge in [0, 0.05) is 19.7 Å². The average Bonchev–Trinajstić information content (AvgIpc) is 2.39. The molecule has 2 rings (SSSR count). The van der Waals surface area contributed by atoms with Gasteiger partial charge in [0.15, 0.2) is 0 Å². The predicted octanol–water partition coefficient (Wildman–Crippen LogP) is 3.00. The van der Waals surface area contributed by atoms with Crippen LogP contribution in [-0.2, 0) is 0 Å². The summed E-state index contributed by atoms with van der Waals surface area (Å²) in [6, 6.07) is 7.92. The standard InChI is InChI=1S/C15H19N3O/c1-11(2)19-13-7-5-12(6-8-13)14-9-16-10-15(17-14)18(3)4/h5-11H,1-4H3. The number of rotatable bonds is 4. The quantitative estimate of drug-likeness (QED) is 0.844. The van der Waals surface area contributed by atoms with Crippen LogP contribution in [0.1, 0.15) is 13.8 Å². The van der Waals surface area contributed by atoms with Crippen molar-refractivity contribution < 1.29 is 4.74 Å². The van der Waals surface area contributed by atoms with Crippen molar-refractivity contribution in [1.29, 1.82) is 0 Å². The van der Waals surface area contributed by atoms with Gasteiger partial charge in [-0.05, 0) is 38.1 Å². The first-order valence-electron chi connectivity index (χ1n) is 6.32. The molecule has 0 N–H and O–H groups in total. The van der Waals surface area contributed by atoms with E-state index in [0.29, 0.717) is 0 Å². The molecule has 0 aliphatic carbocycles. The Labute approximate surface area is 114 Å². The average molecular weight is 257 g/mol. The van der Waals surface area contributed by atoms with Crippen LogP contribution in [0, 0.1) is 0 Å². The summed E-state index contributed by atoms with van der Waals surface area (Å²) in [5, 5.41) is 0. The molecule has 19 heavy (non-hydrogen) atoms. The molecule has 0 saturated heterocycles. The Bertz CT molecular complexity index is 535. The van der Waals surface area contributed by atoms with Gasteiger partial charge in [0.05, 0.1) is 24.2 Å². The van der Waals surface area contributed by atoms with Crippen LogP contribution in [0.3, 0.4) is 0 Å². The molecule has 0 atom stereocenters. The van der Waals surface area contributed by atoms with Gasteiger partial charge in [-0.15, -0.1) is 0 Å². The second kappa shape index (κ2) is 5.69. The highest BCUT2D eigenvalue weighted by atomic mass is 16.5. The topological polar surface area (TPSA) is 38.2 Å². The second-order valence-electron chi connectivity index (χ2n) is 4.85. The summed E-state index contributed by atoms with van der Waals surface area (Å²) in [5.41, 5.74) is 1.90. The van der Waals surface area contributed by atoms with E-state index in [0.717, 1.165) is 22.8 Å². The van der Waals surface area contributed by atoms with Gasteiger partial charge in [0.1, 0.15) is 11.6 Å². The normalized spacial score (nSPS) is 10.6. The number of benzene rings is 1.